The fraction of sp³-hybridized carbons (Fsp3) is 0.174. The van der Waals surface area contributed by atoms with E-state index in [4.69, 9.17) is 4.74 Å². The first kappa shape index (κ1) is 20.7. The summed E-state index contributed by atoms with van der Waals surface area (Å²) >= 11 is 0. The highest BCUT2D eigenvalue weighted by atomic mass is 32.2. The molecule has 1 heterocycles. The second kappa shape index (κ2) is 8.69. The predicted octanol–water partition coefficient (Wildman–Crippen LogP) is 4.48. The third-order valence-electron chi connectivity index (χ3n) is 5.08. The molecule has 0 aromatic heterocycles. The SMILES string of the molecule is COc1cccc(NC(=O)Nc2ccc3c(c2)N(S(=O)(=O)c2ccccc2)CCC3)c1. The summed E-state index contributed by atoms with van der Waals surface area (Å²) in [6, 6.07) is 20.3. The lowest BCUT2D eigenvalue weighted by Crippen LogP contribution is -2.35. The van der Waals surface area contributed by atoms with Gasteiger partial charge in [-0.2, -0.15) is 0 Å². The Morgan fingerprint density at radius 2 is 1.68 bits per heavy atom. The summed E-state index contributed by atoms with van der Waals surface area (Å²) in [6.07, 6.45) is 1.52. The van der Waals surface area contributed by atoms with Crippen LogP contribution in [0.4, 0.5) is 21.9 Å². The number of amides is 2. The van der Waals surface area contributed by atoms with Crippen LogP contribution in [0.2, 0.25) is 0 Å². The lowest BCUT2D eigenvalue weighted by atomic mass is 10.0. The molecule has 0 unspecified atom stereocenters. The molecule has 3 aromatic carbocycles. The van der Waals surface area contributed by atoms with Crippen molar-refractivity contribution in [3.05, 3.63) is 78.4 Å². The Labute approximate surface area is 181 Å². The first-order valence-electron chi connectivity index (χ1n) is 9.90. The van der Waals surface area contributed by atoms with Crippen molar-refractivity contribution in [2.75, 3.05) is 28.6 Å². The number of anilines is 3. The van der Waals surface area contributed by atoms with Crippen molar-refractivity contribution >= 4 is 33.1 Å². The molecule has 0 saturated carbocycles. The Morgan fingerprint density at radius 1 is 0.935 bits per heavy atom. The van der Waals surface area contributed by atoms with Crippen LogP contribution >= 0.6 is 0 Å². The molecule has 2 N–H and O–H groups in total. The molecule has 0 fully saturated rings. The molecule has 3 aromatic rings. The number of nitrogens with zero attached hydrogens (tertiary/aromatic N) is 1. The summed E-state index contributed by atoms with van der Waals surface area (Å²) in [6.45, 7) is 0.393. The second-order valence-corrected chi connectivity index (χ2v) is 9.01. The van der Waals surface area contributed by atoms with Gasteiger partial charge >= 0.3 is 6.03 Å². The van der Waals surface area contributed by atoms with Crippen molar-refractivity contribution in [2.45, 2.75) is 17.7 Å². The zero-order valence-electron chi connectivity index (χ0n) is 17.0. The maximum absolute atomic E-state index is 13.2. The summed E-state index contributed by atoms with van der Waals surface area (Å²) in [4.78, 5) is 12.7. The fourth-order valence-electron chi connectivity index (χ4n) is 3.58. The third-order valence-corrected chi connectivity index (χ3v) is 6.91. The van der Waals surface area contributed by atoms with Crippen molar-refractivity contribution in [1.82, 2.24) is 0 Å². The summed E-state index contributed by atoms with van der Waals surface area (Å²) in [5, 5.41) is 5.53. The van der Waals surface area contributed by atoms with Crippen molar-refractivity contribution in [3.63, 3.8) is 0 Å². The Morgan fingerprint density at radius 3 is 2.42 bits per heavy atom. The van der Waals surface area contributed by atoms with E-state index in [0.717, 1.165) is 18.4 Å². The van der Waals surface area contributed by atoms with Crippen LogP contribution in [0.25, 0.3) is 0 Å². The van der Waals surface area contributed by atoms with E-state index in [1.165, 1.54) is 4.31 Å². The van der Waals surface area contributed by atoms with Crippen LogP contribution in [-0.4, -0.2) is 28.1 Å². The topological polar surface area (TPSA) is 87.7 Å². The van der Waals surface area contributed by atoms with Crippen LogP contribution in [0.15, 0.2) is 77.7 Å². The minimum absolute atomic E-state index is 0.247. The molecule has 0 radical (unpaired) electrons. The lowest BCUT2D eigenvalue weighted by molar-refractivity contribution is 0.262. The number of ether oxygens (including phenoxy) is 1. The molecule has 4 rings (SSSR count). The molecule has 160 valence electrons. The van der Waals surface area contributed by atoms with Gasteiger partial charge in [0.25, 0.3) is 10.0 Å². The summed E-state index contributed by atoms with van der Waals surface area (Å²) in [5.74, 6) is 0.633. The maximum Gasteiger partial charge on any atom is 0.323 e. The first-order chi connectivity index (χ1) is 15.0. The van der Waals surface area contributed by atoms with E-state index < -0.39 is 16.1 Å². The van der Waals surface area contributed by atoms with Crippen molar-refractivity contribution in [2.24, 2.45) is 0 Å². The summed E-state index contributed by atoms with van der Waals surface area (Å²) in [5.41, 5.74) is 2.62. The average Bonchev–Trinajstić information content (AvgIpc) is 2.79. The number of hydrogen-bond acceptors (Lipinski definition) is 4. The average molecular weight is 438 g/mol. The molecular weight excluding hydrogens is 414 g/mol. The van der Waals surface area contributed by atoms with Gasteiger partial charge in [-0.15, -0.1) is 0 Å². The zero-order chi connectivity index (χ0) is 21.8. The molecule has 2 amide bonds. The quantitative estimate of drug-likeness (QED) is 0.616. The van der Waals surface area contributed by atoms with Gasteiger partial charge < -0.3 is 15.4 Å². The van der Waals surface area contributed by atoms with E-state index in [0.29, 0.717) is 29.4 Å². The molecule has 0 aliphatic carbocycles. The van der Waals surface area contributed by atoms with Crippen LogP contribution in [0.3, 0.4) is 0 Å². The van der Waals surface area contributed by atoms with E-state index in [2.05, 4.69) is 10.6 Å². The molecule has 8 heteroatoms. The highest BCUT2D eigenvalue weighted by Crippen LogP contribution is 2.34. The van der Waals surface area contributed by atoms with Crippen LogP contribution in [0.1, 0.15) is 12.0 Å². The number of hydrogen-bond donors (Lipinski definition) is 2. The van der Waals surface area contributed by atoms with Crippen molar-refractivity contribution < 1.29 is 17.9 Å². The monoisotopic (exact) mass is 437 g/mol. The van der Waals surface area contributed by atoms with Crippen LogP contribution in [0.5, 0.6) is 5.75 Å². The van der Waals surface area contributed by atoms with Gasteiger partial charge in [0.15, 0.2) is 0 Å². The minimum atomic E-state index is -3.69. The van der Waals surface area contributed by atoms with Crippen LogP contribution in [0, 0.1) is 0 Å². The Hall–Kier alpha value is -3.52. The zero-order valence-corrected chi connectivity index (χ0v) is 17.9. The molecule has 0 atom stereocenters. The molecule has 1 aliphatic rings. The standard InChI is InChI=1S/C23H23N3O4S/c1-30-20-9-5-8-18(15-20)24-23(27)25-19-13-12-17-7-6-14-26(22(17)16-19)31(28,29)21-10-3-2-4-11-21/h2-5,8-13,15-16H,6-7,14H2,1H3,(H2,24,25,27). The number of carbonyl (C=O) groups excluding carboxylic acids is 1. The van der Waals surface area contributed by atoms with Crippen molar-refractivity contribution in [1.29, 1.82) is 0 Å². The number of benzene rings is 3. The largest absolute Gasteiger partial charge is 0.497 e. The highest BCUT2D eigenvalue weighted by Gasteiger charge is 2.29. The molecule has 1 aliphatic heterocycles. The number of fused-ring (bicyclic) bond motifs is 1. The number of aryl methyl sites for hydroxylation is 1. The fourth-order valence-corrected chi connectivity index (χ4v) is 5.14. The number of sulfonamides is 1. The third kappa shape index (κ3) is 4.49. The van der Waals surface area contributed by atoms with E-state index in [-0.39, 0.29) is 4.90 Å². The molecular formula is C23H23N3O4S. The molecule has 0 saturated heterocycles. The van der Waals surface area contributed by atoms with Gasteiger partial charge in [-0.3, -0.25) is 4.31 Å². The summed E-state index contributed by atoms with van der Waals surface area (Å²) < 4.78 is 33.0. The molecule has 31 heavy (non-hydrogen) atoms. The Balaban J connectivity index is 1.57. The highest BCUT2D eigenvalue weighted by molar-refractivity contribution is 7.92. The minimum Gasteiger partial charge on any atom is -0.497 e. The van der Waals surface area contributed by atoms with Gasteiger partial charge in [-0.1, -0.05) is 30.3 Å². The van der Waals surface area contributed by atoms with Gasteiger partial charge in [-0.05, 0) is 54.8 Å². The lowest BCUT2D eigenvalue weighted by Gasteiger charge is -2.31. The normalized spacial score (nSPS) is 13.3. The predicted molar refractivity (Wildman–Crippen MR) is 121 cm³/mol. The van der Waals surface area contributed by atoms with Gasteiger partial charge in [-0.25, -0.2) is 13.2 Å². The number of methoxy groups -OCH3 is 1. The second-order valence-electron chi connectivity index (χ2n) is 7.15. The van der Waals surface area contributed by atoms with E-state index in [1.807, 2.05) is 6.07 Å². The number of rotatable bonds is 5. The van der Waals surface area contributed by atoms with E-state index in [9.17, 15) is 13.2 Å². The van der Waals surface area contributed by atoms with E-state index >= 15 is 0 Å². The first-order valence-corrected chi connectivity index (χ1v) is 11.3. The van der Waals surface area contributed by atoms with E-state index in [1.54, 1.807) is 73.8 Å². The molecule has 7 nitrogen and oxygen atoms in total. The van der Waals surface area contributed by atoms with Crippen molar-refractivity contribution in [3.8, 4) is 5.75 Å². The van der Waals surface area contributed by atoms with Crippen LogP contribution < -0.4 is 19.7 Å². The van der Waals surface area contributed by atoms with Crippen LogP contribution in [-0.2, 0) is 16.4 Å². The van der Waals surface area contributed by atoms with Gasteiger partial charge in [0.05, 0.1) is 17.7 Å². The summed E-state index contributed by atoms with van der Waals surface area (Å²) in [7, 11) is -2.13. The smallest absolute Gasteiger partial charge is 0.323 e. The number of urea groups is 1. The number of carbonyl (C=O) groups is 1. The number of nitrogens with one attached hydrogen (secondary N) is 2. The molecule has 0 bridgehead atoms. The Kier molecular flexibility index (Phi) is 5.81. The van der Waals surface area contributed by atoms with Gasteiger partial charge in [0.2, 0.25) is 0 Å². The van der Waals surface area contributed by atoms with Gasteiger partial charge in [0, 0.05) is 24.0 Å². The maximum atomic E-state index is 13.2. The molecule has 0 spiro atoms. The van der Waals surface area contributed by atoms with Gasteiger partial charge in [0.1, 0.15) is 5.75 Å². The Bertz CT molecular complexity index is 1200.